The maximum absolute atomic E-state index is 6.07. The summed E-state index contributed by atoms with van der Waals surface area (Å²) in [6.07, 6.45) is 9.07. The minimum Gasteiger partial charge on any atom is -0.383 e. The summed E-state index contributed by atoms with van der Waals surface area (Å²) in [5, 5.41) is 10.4. The number of nitrogens with zero attached hydrogens (tertiary/aromatic N) is 2. The highest BCUT2D eigenvalue weighted by Crippen LogP contribution is 2.58. The Bertz CT molecular complexity index is 653. The van der Waals surface area contributed by atoms with Crippen molar-refractivity contribution in [3.63, 3.8) is 0 Å². The van der Waals surface area contributed by atoms with Crippen LogP contribution in [0.25, 0.3) is 0 Å². The minimum atomic E-state index is -0.143. The van der Waals surface area contributed by atoms with Crippen LogP contribution in [0.2, 0.25) is 0 Å². The molecule has 1 atom stereocenters. The van der Waals surface area contributed by atoms with Gasteiger partial charge in [-0.25, -0.2) is 0 Å². The number of thioether (sulfide) groups is 1. The fraction of sp³-hybridized carbons (Fsp3) is 0.429. The van der Waals surface area contributed by atoms with Gasteiger partial charge in [0, 0.05) is 6.20 Å². The van der Waals surface area contributed by atoms with Gasteiger partial charge in [-0.3, -0.25) is 5.10 Å². The molecule has 0 spiro atoms. The van der Waals surface area contributed by atoms with Crippen LogP contribution in [0, 0.1) is 5.92 Å². The number of nitrogens with one attached hydrogen (secondary N) is 2. The Morgan fingerprint density at radius 3 is 2.81 bits per heavy atom. The van der Waals surface area contributed by atoms with Gasteiger partial charge in [-0.2, -0.15) is 10.1 Å². The van der Waals surface area contributed by atoms with Crippen molar-refractivity contribution in [2.24, 2.45) is 22.4 Å². The standard InChI is InChI=1S/C14H18N6S/c15-12-11-9(18-13(16)19-12)7-14(21-11,8-3-1-2-4-8)10-5-6-17-20-10/h5-8H,1-4,15H2,(H,17,20)(H3,16,18,19). The summed E-state index contributed by atoms with van der Waals surface area (Å²) in [5.74, 6) is 1.43. The maximum Gasteiger partial charge on any atom is 0.199 e. The third-order valence-electron chi connectivity index (χ3n) is 4.49. The van der Waals surface area contributed by atoms with Gasteiger partial charge in [-0.15, -0.1) is 11.8 Å². The molecule has 2 aliphatic heterocycles. The largest absolute Gasteiger partial charge is 0.383 e. The summed E-state index contributed by atoms with van der Waals surface area (Å²) >= 11 is 1.77. The first kappa shape index (κ1) is 12.8. The van der Waals surface area contributed by atoms with Crippen molar-refractivity contribution < 1.29 is 0 Å². The second kappa shape index (κ2) is 4.56. The Morgan fingerprint density at radius 2 is 2.10 bits per heavy atom. The Balaban J connectivity index is 1.83. The van der Waals surface area contributed by atoms with Gasteiger partial charge < -0.3 is 16.8 Å². The van der Waals surface area contributed by atoms with Crippen LogP contribution in [0.3, 0.4) is 0 Å². The van der Waals surface area contributed by atoms with E-state index < -0.39 is 0 Å². The van der Waals surface area contributed by atoms with Crippen LogP contribution >= 0.6 is 11.8 Å². The van der Waals surface area contributed by atoms with Gasteiger partial charge in [-0.05, 0) is 30.9 Å². The van der Waals surface area contributed by atoms with E-state index in [0.29, 0.717) is 17.7 Å². The second-order valence-corrected chi connectivity index (χ2v) is 7.03. The highest BCUT2D eigenvalue weighted by Gasteiger charge is 2.48. The lowest BCUT2D eigenvalue weighted by atomic mass is 9.86. The number of H-pyrrole nitrogens is 1. The summed E-state index contributed by atoms with van der Waals surface area (Å²) < 4.78 is -0.143. The van der Waals surface area contributed by atoms with E-state index in [1.165, 1.54) is 25.7 Å². The molecular weight excluding hydrogens is 284 g/mol. The molecule has 1 aromatic rings. The third-order valence-corrected chi connectivity index (χ3v) is 6.14. The second-order valence-electron chi connectivity index (χ2n) is 5.74. The van der Waals surface area contributed by atoms with E-state index in [0.717, 1.165) is 16.3 Å². The van der Waals surface area contributed by atoms with Crippen molar-refractivity contribution in [2.45, 2.75) is 30.4 Å². The molecule has 7 heteroatoms. The number of aliphatic imine (C=N–C) groups is 1. The van der Waals surface area contributed by atoms with Crippen molar-refractivity contribution >= 4 is 17.7 Å². The Kier molecular flexibility index (Phi) is 2.78. The lowest BCUT2D eigenvalue weighted by Crippen LogP contribution is -2.34. The first-order valence-electron chi connectivity index (χ1n) is 7.22. The van der Waals surface area contributed by atoms with Crippen LogP contribution in [0.1, 0.15) is 31.4 Å². The SMILES string of the molecule is NC1=NC(N)=C2SC(c3ccn[nH]3)(C3CCCC3)C=C2N1. The fourth-order valence-corrected chi connectivity index (χ4v) is 5.06. The maximum atomic E-state index is 6.07. The molecule has 0 amide bonds. The fourth-order valence-electron chi connectivity index (χ4n) is 3.54. The van der Waals surface area contributed by atoms with Gasteiger partial charge in [0.15, 0.2) is 5.96 Å². The molecule has 6 nitrogen and oxygen atoms in total. The molecule has 6 N–H and O–H groups in total. The predicted octanol–water partition coefficient (Wildman–Crippen LogP) is 1.47. The molecule has 3 aliphatic rings. The van der Waals surface area contributed by atoms with Crippen LogP contribution in [0.5, 0.6) is 0 Å². The average Bonchev–Trinajstić information content (AvgIpc) is 3.19. The molecular formula is C14H18N6S. The highest BCUT2D eigenvalue weighted by atomic mass is 32.2. The lowest BCUT2D eigenvalue weighted by molar-refractivity contribution is 0.450. The van der Waals surface area contributed by atoms with E-state index in [1.54, 1.807) is 11.8 Å². The Hall–Kier alpha value is -1.89. The van der Waals surface area contributed by atoms with E-state index in [2.05, 4.69) is 32.6 Å². The van der Waals surface area contributed by atoms with Crippen LogP contribution in [-0.4, -0.2) is 16.2 Å². The number of aromatic nitrogens is 2. The molecule has 0 aromatic carbocycles. The van der Waals surface area contributed by atoms with E-state index in [9.17, 15) is 0 Å². The average molecular weight is 302 g/mol. The van der Waals surface area contributed by atoms with Crippen molar-refractivity contribution in [1.29, 1.82) is 0 Å². The van der Waals surface area contributed by atoms with E-state index in [1.807, 2.05) is 6.20 Å². The number of aromatic amines is 1. The van der Waals surface area contributed by atoms with Gasteiger partial charge in [-0.1, -0.05) is 12.8 Å². The number of rotatable bonds is 2. The van der Waals surface area contributed by atoms with Crippen LogP contribution in [0.4, 0.5) is 0 Å². The zero-order chi connectivity index (χ0) is 14.4. The van der Waals surface area contributed by atoms with Crippen molar-refractivity contribution in [3.8, 4) is 0 Å². The smallest absolute Gasteiger partial charge is 0.199 e. The molecule has 3 heterocycles. The molecule has 110 valence electrons. The first-order chi connectivity index (χ1) is 10.2. The molecule has 0 bridgehead atoms. The molecule has 1 aromatic heterocycles. The van der Waals surface area contributed by atoms with Crippen molar-refractivity contribution in [3.05, 3.63) is 40.5 Å². The molecule has 1 unspecified atom stereocenters. The number of fused-ring (bicyclic) bond motifs is 1. The molecule has 1 aliphatic carbocycles. The number of guanidine groups is 1. The third kappa shape index (κ3) is 1.87. The van der Waals surface area contributed by atoms with E-state index >= 15 is 0 Å². The first-order valence-corrected chi connectivity index (χ1v) is 8.04. The predicted molar refractivity (Wildman–Crippen MR) is 83.9 cm³/mol. The van der Waals surface area contributed by atoms with Crippen LogP contribution in [-0.2, 0) is 4.75 Å². The highest BCUT2D eigenvalue weighted by molar-refractivity contribution is 8.04. The van der Waals surface area contributed by atoms with E-state index in [-0.39, 0.29) is 4.75 Å². The monoisotopic (exact) mass is 302 g/mol. The summed E-state index contributed by atoms with van der Waals surface area (Å²) in [6.45, 7) is 0. The molecule has 21 heavy (non-hydrogen) atoms. The van der Waals surface area contributed by atoms with Gasteiger partial charge in [0.25, 0.3) is 0 Å². The molecule has 4 rings (SSSR count). The summed E-state index contributed by atoms with van der Waals surface area (Å²) in [7, 11) is 0. The Labute approximate surface area is 127 Å². The summed E-state index contributed by atoms with van der Waals surface area (Å²) in [5.41, 5.74) is 14.0. The number of hydrogen-bond donors (Lipinski definition) is 4. The minimum absolute atomic E-state index is 0.143. The normalized spacial score (nSPS) is 29.1. The van der Waals surface area contributed by atoms with Gasteiger partial charge in [0.1, 0.15) is 5.82 Å². The number of nitrogens with two attached hydrogens (primary N) is 2. The summed E-state index contributed by atoms with van der Waals surface area (Å²) in [4.78, 5) is 5.14. The molecule has 1 saturated carbocycles. The van der Waals surface area contributed by atoms with Gasteiger partial charge >= 0.3 is 0 Å². The van der Waals surface area contributed by atoms with Crippen molar-refractivity contribution in [1.82, 2.24) is 15.5 Å². The van der Waals surface area contributed by atoms with Crippen molar-refractivity contribution in [2.75, 3.05) is 0 Å². The zero-order valence-electron chi connectivity index (χ0n) is 11.6. The van der Waals surface area contributed by atoms with Crippen LogP contribution < -0.4 is 16.8 Å². The zero-order valence-corrected chi connectivity index (χ0v) is 12.4. The van der Waals surface area contributed by atoms with Gasteiger partial charge in [0.2, 0.25) is 0 Å². The van der Waals surface area contributed by atoms with E-state index in [4.69, 9.17) is 11.5 Å². The van der Waals surface area contributed by atoms with Crippen LogP contribution in [0.15, 0.2) is 39.8 Å². The molecule has 0 saturated heterocycles. The topological polar surface area (TPSA) is 105 Å². The lowest BCUT2D eigenvalue weighted by Gasteiger charge is -2.31. The molecule has 0 radical (unpaired) electrons. The summed E-state index contributed by atoms with van der Waals surface area (Å²) in [6, 6.07) is 2.06. The quantitative estimate of drug-likeness (QED) is 0.662. The number of hydrogen-bond acceptors (Lipinski definition) is 6. The van der Waals surface area contributed by atoms with Gasteiger partial charge in [0.05, 0.1) is 21.0 Å². The Morgan fingerprint density at radius 1 is 1.29 bits per heavy atom. The molecule has 1 fully saturated rings.